The van der Waals surface area contributed by atoms with Gasteiger partial charge in [-0.15, -0.1) is 11.3 Å². The number of carbonyl (C=O) groups is 1. The Bertz CT molecular complexity index is 536. The number of fused-ring (bicyclic) bond motifs is 2. The first kappa shape index (κ1) is 15.7. The highest BCUT2D eigenvalue weighted by molar-refractivity contribution is 7.09. The lowest BCUT2D eigenvalue weighted by atomic mass is 9.90. The molecule has 2 fully saturated rings. The van der Waals surface area contributed by atoms with Crippen molar-refractivity contribution >= 4 is 17.4 Å². The molecule has 7 heteroatoms. The van der Waals surface area contributed by atoms with E-state index in [1.165, 1.54) is 0 Å². The number of amides is 2. The van der Waals surface area contributed by atoms with Crippen LogP contribution in [0.4, 0.5) is 4.79 Å². The molecule has 0 spiro atoms. The topological polar surface area (TPSA) is 74.7 Å². The van der Waals surface area contributed by atoms with Gasteiger partial charge in [-0.05, 0) is 26.2 Å². The number of ether oxygens (including phenoxy) is 1. The van der Waals surface area contributed by atoms with Crippen molar-refractivity contribution in [3.63, 3.8) is 0 Å². The van der Waals surface area contributed by atoms with Gasteiger partial charge in [0.15, 0.2) is 0 Å². The number of methoxy groups -OCH3 is 1. The average Bonchev–Trinajstić information content (AvgIpc) is 3.25. The van der Waals surface area contributed by atoms with Crippen LogP contribution in [0.3, 0.4) is 0 Å². The molecule has 2 aliphatic heterocycles. The second-order valence-electron chi connectivity index (χ2n) is 6.10. The molecule has 0 aromatic carbocycles. The van der Waals surface area contributed by atoms with Crippen molar-refractivity contribution in [3.8, 4) is 0 Å². The Hall–Kier alpha value is -1.18. The molecule has 2 bridgehead atoms. The Kier molecular flexibility index (Phi) is 4.65. The molecule has 2 amide bonds. The number of carbonyl (C=O) groups excluding carboxylic acids is 1. The van der Waals surface area contributed by atoms with Crippen molar-refractivity contribution in [1.29, 1.82) is 0 Å². The van der Waals surface area contributed by atoms with Gasteiger partial charge in [-0.1, -0.05) is 0 Å². The maximum atomic E-state index is 12.4. The van der Waals surface area contributed by atoms with Crippen LogP contribution in [0.5, 0.6) is 0 Å². The number of nitrogens with one attached hydrogen (secondary N) is 1. The van der Waals surface area contributed by atoms with Gasteiger partial charge < -0.3 is 20.1 Å². The lowest BCUT2D eigenvalue weighted by Gasteiger charge is -2.23. The summed E-state index contributed by atoms with van der Waals surface area (Å²) in [4.78, 5) is 18.8. The number of aromatic nitrogens is 1. The number of aliphatic hydroxyl groups is 1. The van der Waals surface area contributed by atoms with E-state index in [-0.39, 0.29) is 30.7 Å². The van der Waals surface area contributed by atoms with E-state index in [1.807, 2.05) is 17.2 Å². The number of rotatable bonds is 5. The first-order valence-corrected chi connectivity index (χ1v) is 8.66. The molecule has 6 nitrogen and oxygen atoms in total. The summed E-state index contributed by atoms with van der Waals surface area (Å²) < 4.78 is 5.25. The number of hydrogen-bond acceptors (Lipinski definition) is 5. The van der Waals surface area contributed by atoms with Gasteiger partial charge in [0.2, 0.25) is 0 Å². The molecule has 0 aliphatic carbocycles. The van der Waals surface area contributed by atoms with Crippen molar-refractivity contribution in [3.05, 3.63) is 16.1 Å². The fraction of sp³-hybridized carbons (Fsp3) is 0.733. The molecule has 3 heterocycles. The summed E-state index contributed by atoms with van der Waals surface area (Å²) in [6.07, 6.45) is 2.98. The third-order valence-electron chi connectivity index (χ3n) is 4.83. The minimum atomic E-state index is -0.0298. The summed E-state index contributed by atoms with van der Waals surface area (Å²) in [5, 5.41) is 15.2. The van der Waals surface area contributed by atoms with Gasteiger partial charge >= 0.3 is 6.03 Å². The number of thiazole rings is 1. The minimum absolute atomic E-state index is 0.0193. The Balaban J connectivity index is 1.56. The number of urea groups is 1. The summed E-state index contributed by atoms with van der Waals surface area (Å²) in [7, 11) is 1.66. The van der Waals surface area contributed by atoms with Crippen molar-refractivity contribution < 1.29 is 14.6 Å². The third-order valence-corrected chi connectivity index (χ3v) is 5.88. The molecule has 22 heavy (non-hydrogen) atoms. The Labute approximate surface area is 134 Å². The van der Waals surface area contributed by atoms with Crippen LogP contribution in [0, 0.1) is 5.92 Å². The molecule has 1 aromatic heterocycles. The molecule has 0 radical (unpaired) electrons. The van der Waals surface area contributed by atoms with Crippen LogP contribution in [0.15, 0.2) is 5.38 Å². The van der Waals surface area contributed by atoms with Crippen LogP contribution in [0.1, 0.15) is 43.0 Å². The van der Waals surface area contributed by atoms with Gasteiger partial charge in [0.25, 0.3) is 0 Å². The molecule has 2 saturated heterocycles. The SMILES string of the molecule is COC(C)c1nc(CNC(=O)N2C3CCC2C(CO)C3)cs1. The molecule has 3 rings (SSSR count). The highest BCUT2D eigenvalue weighted by Crippen LogP contribution is 2.41. The van der Waals surface area contributed by atoms with E-state index in [9.17, 15) is 9.90 Å². The zero-order valence-electron chi connectivity index (χ0n) is 13.0. The van der Waals surface area contributed by atoms with E-state index in [2.05, 4.69) is 10.3 Å². The van der Waals surface area contributed by atoms with Crippen LogP contribution in [-0.4, -0.2) is 46.8 Å². The molecule has 122 valence electrons. The van der Waals surface area contributed by atoms with E-state index < -0.39 is 0 Å². The summed E-state index contributed by atoms with van der Waals surface area (Å²) in [6.45, 7) is 2.57. The maximum Gasteiger partial charge on any atom is 0.318 e. The van der Waals surface area contributed by atoms with E-state index >= 15 is 0 Å². The van der Waals surface area contributed by atoms with E-state index in [0.29, 0.717) is 12.6 Å². The quantitative estimate of drug-likeness (QED) is 0.867. The number of nitrogens with zero attached hydrogens (tertiary/aromatic N) is 2. The van der Waals surface area contributed by atoms with Crippen molar-refractivity contribution in [2.75, 3.05) is 13.7 Å². The van der Waals surface area contributed by atoms with Crippen LogP contribution < -0.4 is 5.32 Å². The smallest absolute Gasteiger partial charge is 0.318 e. The second kappa shape index (κ2) is 6.52. The van der Waals surface area contributed by atoms with Gasteiger partial charge in [0, 0.05) is 37.1 Å². The summed E-state index contributed by atoms with van der Waals surface area (Å²) in [6, 6.07) is 0.467. The van der Waals surface area contributed by atoms with Crippen LogP contribution in [-0.2, 0) is 11.3 Å². The normalized spacial score (nSPS) is 28.1. The Morgan fingerprint density at radius 3 is 3.14 bits per heavy atom. The van der Waals surface area contributed by atoms with Gasteiger partial charge in [-0.2, -0.15) is 0 Å². The van der Waals surface area contributed by atoms with Crippen LogP contribution in [0.25, 0.3) is 0 Å². The van der Waals surface area contributed by atoms with Crippen molar-refractivity contribution in [1.82, 2.24) is 15.2 Å². The van der Waals surface area contributed by atoms with E-state index in [0.717, 1.165) is 30.0 Å². The monoisotopic (exact) mass is 325 g/mol. The molecule has 2 N–H and O–H groups in total. The fourth-order valence-corrected chi connectivity index (χ4v) is 4.43. The van der Waals surface area contributed by atoms with Crippen molar-refractivity contribution in [2.24, 2.45) is 5.92 Å². The van der Waals surface area contributed by atoms with E-state index in [1.54, 1.807) is 18.4 Å². The lowest BCUT2D eigenvalue weighted by molar-refractivity contribution is 0.119. The highest BCUT2D eigenvalue weighted by Gasteiger charge is 2.48. The zero-order valence-corrected chi connectivity index (χ0v) is 13.8. The Morgan fingerprint density at radius 2 is 2.45 bits per heavy atom. The Morgan fingerprint density at radius 1 is 1.64 bits per heavy atom. The van der Waals surface area contributed by atoms with Gasteiger partial charge in [-0.3, -0.25) is 0 Å². The molecular formula is C15H23N3O3S. The summed E-state index contributed by atoms with van der Waals surface area (Å²) >= 11 is 1.55. The van der Waals surface area contributed by atoms with Gasteiger partial charge in [0.1, 0.15) is 11.1 Å². The second-order valence-corrected chi connectivity index (χ2v) is 6.99. The standard InChI is InChI=1S/C15H23N3O3S/c1-9(21-2)14-17-11(8-22-14)6-16-15(20)18-12-3-4-13(18)10(5-12)7-19/h8-10,12-13,19H,3-7H2,1-2H3,(H,16,20). The first-order chi connectivity index (χ1) is 10.6. The number of hydrogen-bond donors (Lipinski definition) is 2. The molecule has 2 aliphatic rings. The van der Waals surface area contributed by atoms with E-state index in [4.69, 9.17) is 4.74 Å². The predicted molar refractivity (Wildman–Crippen MR) is 83.6 cm³/mol. The third kappa shape index (κ3) is 2.85. The fourth-order valence-electron chi connectivity index (χ4n) is 3.57. The average molecular weight is 325 g/mol. The summed E-state index contributed by atoms with van der Waals surface area (Å²) in [5.41, 5.74) is 0.863. The molecule has 4 atom stereocenters. The summed E-state index contributed by atoms with van der Waals surface area (Å²) in [5.74, 6) is 0.248. The van der Waals surface area contributed by atoms with Crippen molar-refractivity contribution in [2.45, 2.75) is 50.9 Å². The van der Waals surface area contributed by atoms with Gasteiger partial charge in [0.05, 0.1) is 12.2 Å². The van der Waals surface area contributed by atoms with Crippen LogP contribution >= 0.6 is 11.3 Å². The zero-order chi connectivity index (χ0) is 15.7. The molecule has 1 aromatic rings. The first-order valence-electron chi connectivity index (χ1n) is 7.78. The minimum Gasteiger partial charge on any atom is -0.396 e. The van der Waals surface area contributed by atoms with Crippen LogP contribution in [0.2, 0.25) is 0 Å². The molecule has 0 saturated carbocycles. The molecule has 4 unspecified atom stereocenters. The highest BCUT2D eigenvalue weighted by atomic mass is 32.1. The van der Waals surface area contributed by atoms with Gasteiger partial charge in [-0.25, -0.2) is 9.78 Å². The largest absolute Gasteiger partial charge is 0.396 e. The number of aliphatic hydroxyl groups excluding tert-OH is 1. The predicted octanol–water partition coefficient (Wildman–Crippen LogP) is 1.91. The molecular weight excluding hydrogens is 302 g/mol. The lowest BCUT2D eigenvalue weighted by Crippen LogP contribution is -2.43. The maximum absolute atomic E-state index is 12.4.